The van der Waals surface area contributed by atoms with Gasteiger partial charge in [0.2, 0.25) is 0 Å². The lowest BCUT2D eigenvalue weighted by atomic mass is 10.1. The number of carboxylic acid groups (broad SMARTS) is 1. The zero-order valence-corrected chi connectivity index (χ0v) is 16.2. The van der Waals surface area contributed by atoms with Crippen LogP contribution in [0.5, 0.6) is 5.75 Å². The Hall–Kier alpha value is -3.68. The van der Waals surface area contributed by atoms with E-state index in [-0.39, 0.29) is 18.2 Å². The average molecular weight is 396 g/mol. The molecule has 0 aliphatic rings. The first-order valence-electron chi connectivity index (χ1n) is 9.06. The number of rotatable bonds is 8. The van der Waals surface area contributed by atoms with Crippen LogP contribution in [-0.2, 0) is 16.2 Å². The highest BCUT2D eigenvalue weighted by molar-refractivity contribution is 6.35. The van der Waals surface area contributed by atoms with Gasteiger partial charge in [-0.1, -0.05) is 31.2 Å². The fourth-order valence-corrected chi connectivity index (χ4v) is 2.16. The van der Waals surface area contributed by atoms with Gasteiger partial charge < -0.3 is 20.0 Å². The zero-order valence-electron chi connectivity index (χ0n) is 16.2. The first kappa shape index (κ1) is 21.6. The molecular formula is C21H22N3O5-. The van der Waals surface area contributed by atoms with Gasteiger partial charge in [0.15, 0.2) is 0 Å². The molecule has 0 saturated heterocycles. The molecule has 2 aromatic carbocycles. The molecular weight excluding hydrogens is 374 g/mol. The number of benzene rings is 2. The molecule has 2 N–H and O–H groups in total. The molecule has 0 saturated carbocycles. The first-order chi connectivity index (χ1) is 13.9. The molecule has 0 aliphatic carbocycles. The van der Waals surface area contributed by atoms with E-state index in [9.17, 15) is 19.5 Å². The van der Waals surface area contributed by atoms with Gasteiger partial charge in [0.05, 0.1) is 12.2 Å². The molecule has 8 heteroatoms. The Morgan fingerprint density at radius 1 is 1.07 bits per heavy atom. The smallest absolute Gasteiger partial charge is 0.329 e. The molecule has 0 unspecified atom stereocenters. The summed E-state index contributed by atoms with van der Waals surface area (Å²) in [6, 6.07) is 13.1. The van der Waals surface area contributed by atoms with Gasteiger partial charge in [-0.3, -0.25) is 9.59 Å². The Morgan fingerprint density at radius 2 is 1.72 bits per heavy atom. The number of nitrogens with zero attached hydrogens (tertiary/aromatic N) is 1. The monoisotopic (exact) mass is 396 g/mol. The number of ether oxygens (including phenoxy) is 1. The highest BCUT2D eigenvalue weighted by atomic mass is 16.5. The summed E-state index contributed by atoms with van der Waals surface area (Å²) in [6.07, 6.45) is 2.14. The number of hydrogen-bond acceptors (Lipinski definition) is 6. The molecule has 8 nitrogen and oxygen atoms in total. The number of carbonyl (C=O) groups excluding carboxylic acids is 3. The maximum atomic E-state index is 11.6. The molecule has 0 aromatic heterocycles. The Balaban J connectivity index is 1.82. The molecule has 29 heavy (non-hydrogen) atoms. The summed E-state index contributed by atoms with van der Waals surface area (Å²) in [7, 11) is 0. The molecule has 0 spiro atoms. The average Bonchev–Trinajstić information content (AvgIpc) is 2.73. The van der Waals surface area contributed by atoms with E-state index in [0.717, 1.165) is 12.0 Å². The highest BCUT2D eigenvalue weighted by Crippen LogP contribution is 2.14. The molecule has 2 amide bonds. The number of hydrazone groups is 1. The van der Waals surface area contributed by atoms with Crippen LogP contribution in [0.3, 0.4) is 0 Å². The van der Waals surface area contributed by atoms with Crippen molar-refractivity contribution in [3.8, 4) is 5.75 Å². The molecule has 2 aromatic rings. The number of aromatic carboxylic acids is 1. The number of amides is 2. The number of carboxylic acids is 1. The Bertz CT molecular complexity index is 876. The number of carbonyl (C=O) groups is 3. The predicted molar refractivity (Wildman–Crippen MR) is 105 cm³/mol. The minimum absolute atomic E-state index is 0.0862. The van der Waals surface area contributed by atoms with Crippen molar-refractivity contribution in [2.24, 2.45) is 5.10 Å². The van der Waals surface area contributed by atoms with Gasteiger partial charge in [-0.2, -0.15) is 5.10 Å². The van der Waals surface area contributed by atoms with E-state index in [0.29, 0.717) is 11.3 Å². The molecule has 0 radical (unpaired) electrons. The molecule has 2 rings (SSSR count). The minimum atomic E-state index is -1.22. The molecule has 1 atom stereocenters. The van der Waals surface area contributed by atoms with Crippen LogP contribution in [0, 0.1) is 0 Å². The van der Waals surface area contributed by atoms with Crippen molar-refractivity contribution in [3.05, 3.63) is 65.2 Å². The molecule has 152 valence electrons. The normalized spacial score (nSPS) is 11.7. The van der Waals surface area contributed by atoms with E-state index in [1.54, 1.807) is 43.3 Å². The van der Waals surface area contributed by atoms with Crippen molar-refractivity contribution in [2.75, 3.05) is 0 Å². The maximum Gasteiger partial charge on any atom is 0.329 e. The van der Waals surface area contributed by atoms with Crippen LogP contribution in [-0.4, -0.2) is 30.0 Å². The van der Waals surface area contributed by atoms with Crippen molar-refractivity contribution in [3.63, 3.8) is 0 Å². The summed E-state index contributed by atoms with van der Waals surface area (Å²) in [5.41, 5.74) is 3.81. The van der Waals surface area contributed by atoms with E-state index in [1.165, 1.54) is 18.3 Å². The van der Waals surface area contributed by atoms with Gasteiger partial charge in [-0.15, -0.1) is 0 Å². The standard InChI is InChI=1S/C21H23N3O5/c1-3-14(2)23-19(25)20(26)24-22-12-15-6-10-18(11-7-15)29-13-16-4-8-17(9-5-16)21(27)28/h4-12,14H,3,13H2,1-2H3,(H,23,25)(H,24,26)(H,27,28)/p-1/b22-12-/t14-/m0/s1. The van der Waals surface area contributed by atoms with Crippen LogP contribution in [0.15, 0.2) is 53.6 Å². The van der Waals surface area contributed by atoms with Crippen molar-refractivity contribution < 1.29 is 24.2 Å². The Morgan fingerprint density at radius 3 is 2.31 bits per heavy atom. The van der Waals surface area contributed by atoms with Gasteiger partial charge in [0.1, 0.15) is 12.4 Å². The third-order valence-electron chi connectivity index (χ3n) is 4.05. The predicted octanol–water partition coefficient (Wildman–Crippen LogP) is 0.994. The van der Waals surface area contributed by atoms with Crippen molar-refractivity contribution in [1.29, 1.82) is 0 Å². The van der Waals surface area contributed by atoms with Gasteiger partial charge in [-0.25, -0.2) is 5.43 Å². The summed E-state index contributed by atoms with van der Waals surface area (Å²) in [5, 5.41) is 17.0. The van der Waals surface area contributed by atoms with Crippen LogP contribution >= 0.6 is 0 Å². The molecule has 0 aliphatic heterocycles. The van der Waals surface area contributed by atoms with E-state index in [1.807, 2.05) is 6.92 Å². The summed E-state index contributed by atoms with van der Waals surface area (Å²) in [4.78, 5) is 33.9. The lowest BCUT2D eigenvalue weighted by Gasteiger charge is -2.09. The van der Waals surface area contributed by atoms with Crippen LogP contribution in [0.1, 0.15) is 41.8 Å². The number of nitrogens with one attached hydrogen (secondary N) is 2. The second-order valence-electron chi connectivity index (χ2n) is 6.32. The van der Waals surface area contributed by atoms with Crippen molar-refractivity contribution in [1.82, 2.24) is 10.7 Å². The Kier molecular flexibility index (Phi) is 7.90. The second-order valence-corrected chi connectivity index (χ2v) is 6.32. The van der Waals surface area contributed by atoms with Crippen molar-refractivity contribution >= 4 is 24.0 Å². The van der Waals surface area contributed by atoms with Crippen LogP contribution in [0.2, 0.25) is 0 Å². The third kappa shape index (κ3) is 7.10. The SMILES string of the molecule is CC[C@H](C)NC(=O)C(=O)N/N=C\c1ccc(OCc2ccc(C(=O)[O-])cc2)cc1. The molecule has 0 fully saturated rings. The fourth-order valence-electron chi connectivity index (χ4n) is 2.16. The van der Waals surface area contributed by atoms with E-state index in [2.05, 4.69) is 15.8 Å². The molecule has 0 bridgehead atoms. The lowest BCUT2D eigenvalue weighted by molar-refractivity contribution is -0.255. The third-order valence-corrected chi connectivity index (χ3v) is 4.05. The summed E-state index contributed by atoms with van der Waals surface area (Å²) < 4.78 is 5.64. The first-order valence-corrected chi connectivity index (χ1v) is 9.06. The topological polar surface area (TPSA) is 120 Å². The Labute approximate surface area is 168 Å². The lowest BCUT2D eigenvalue weighted by Crippen LogP contribution is -2.41. The summed E-state index contributed by atoms with van der Waals surface area (Å²) in [6.45, 7) is 3.99. The van der Waals surface area contributed by atoms with E-state index < -0.39 is 17.8 Å². The largest absolute Gasteiger partial charge is 0.545 e. The minimum Gasteiger partial charge on any atom is -0.545 e. The van der Waals surface area contributed by atoms with Crippen LogP contribution < -0.4 is 20.6 Å². The summed E-state index contributed by atoms with van der Waals surface area (Å²) in [5.74, 6) is -2.16. The van der Waals surface area contributed by atoms with Gasteiger partial charge in [0.25, 0.3) is 0 Å². The van der Waals surface area contributed by atoms with Gasteiger partial charge in [-0.05, 0) is 54.3 Å². The van der Waals surface area contributed by atoms with Crippen molar-refractivity contribution in [2.45, 2.75) is 32.9 Å². The van der Waals surface area contributed by atoms with E-state index >= 15 is 0 Å². The fraction of sp³-hybridized carbons (Fsp3) is 0.238. The highest BCUT2D eigenvalue weighted by Gasteiger charge is 2.14. The zero-order chi connectivity index (χ0) is 21.2. The quantitative estimate of drug-likeness (QED) is 0.392. The van der Waals surface area contributed by atoms with Crippen LogP contribution in [0.4, 0.5) is 0 Å². The molecule has 0 heterocycles. The van der Waals surface area contributed by atoms with Gasteiger partial charge >= 0.3 is 11.8 Å². The second kappa shape index (κ2) is 10.6. The summed E-state index contributed by atoms with van der Waals surface area (Å²) >= 11 is 0. The van der Waals surface area contributed by atoms with Gasteiger partial charge in [0, 0.05) is 6.04 Å². The number of hydrogen-bond donors (Lipinski definition) is 2. The van der Waals surface area contributed by atoms with Crippen LogP contribution in [0.25, 0.3) is 0 Å². The maximum absolute atomic E-state index is 11.6. The van der Waals surface area contributed by atoms with E-state index in [4.69, 9.17) is 4.74 Å².